The summed E-state index contributed by atoms with van der Waals surface area (Å²) in [4.78, 5) is 14.9. The van der Waals surface area contributed by atoms with Crippen molar-refractivity contribution < 1.29 is 14.3 Å². The van der Waals surface area contributed by atoms with Crippen molar-refractivity contribution in [2.45, 2.75) is 11.4 Å². The number of hydrogen-bond donors (Lipinski definition) is 0. The molecule has 0 spiro atoms. The number of methoxy groups -OCH3 is 2. The molecule has 0 aliphatic heterocycles. The minimum absolute atomic E-state index is 0.0257. The first-order valence-corrected chi connectivity index (χ1v) is 8.73. The second-order valence-corrected chi connectivity index (χ2v) is 6.57. The molecule has 6 heteroatoms. The molecule has 2 aromatic carbocycles. The van der Waals surface area contributed by atoms with E-state index >= 15 is 0 Å². The van der Waals surface area contributed by atoms with Gasteiger partial charge in [0.15, 0.2) is 0 Å². The molecule has 0 radical (unpaired) electrons. The smallest absolute Gasteiger partial charge is 0.232 e. The monoisotopic (exact) mass is 365 g/mol. The van der Waals surface area contributed by atoms with E-state index in [1.54, 1.807) is 26.2 Å². The lowest BCUT2D eigenvalue weighted by Crippen LogP contribution is -2.28. The number of amides is 1. The lowest BCUT2D eigenvalue weighted by atomic mass is 10.2. The molecule has 0 aliphatic carbocycles. The third-order valence-corrected chi connectivity index (χ3v) is 5.02. The van der Waals surface area contributed by atoms with Crippen molar-refractivity contribution in [1.29, 1.82) is 0 Å². The van der Waals surface area contributed by atoms with Crippen LogP contribution in [0.3, 0.4) is 0 Å². The van der Waals surface area contributed by atoms with E-state index in [-0.39, 0.29) is 5.91 Å². The minimum atomic E-state index is 0.0257. The van der Waals surface area contributed by atoms with Crippen molar-refractivity contribution in [3.63, 3.8) is 0 Å². The molecule has 0 unspecified atom stereocenters. The van der Waals surface area contributed by atoms with Gasteiger partial charge < -0.3 is 14.4 Å². The van der Waals surface area contributed by atoms with Crippen LogP contribution in [0.15, 0.2) is 47.4 Å². The molecule has 0 aliphatic rings. The molecule has 24 heavy (non-hydrogen) atoms. The van der Waals surface area contributed by atoms with Crippen LogP contribution in [0.25, 0.3) is 0 Å². The average molecular weight is 366 g/mol. The second-order valence-electron chi connectivity index (χ2n) is 5.15. The van der Waals surface area contributed by atoms with Crippen LogP contribution in [-0.4, -0.2) is 37.8 Å². The van der Waals surface area contributed by atoms with Gasteiger partial charge in [0.25, 0.3) is 0 Å². The Kier molecular flexibility index (Phi) is 6.82. The van der Waals surface area contributed by atoms with Gasteiger partial charge in [-0.3, -0.25) is 4.79 Å². The molecule has 0 heterocycles. The van der Waals surface area contributed by atoms with E-state index in [0.29, 0.717) is 23.1 Å². The quantitative estimate of drug-likeness (QED) is 0.692. The molecule has 2 aromatic rings. The highest BCUT2D eigenvalue weighted by Crippen LogP contribution is 2.28. The molecule has 0 bridgehead atoms. The molecule has 4 nitrogen and oxygen atoms in total. The Morgan fingerprint density at radius 1 is 1.17 bits per heavy atom. The third-order valence-electron chi connectivity index (χ3n) is 3.52. The summed E-state index contributed by atoms with van der Waals surface area (Å²) in [7, 11) is 4.99. The molecular weight excluding hydrogens is 346 g/mol. The second kappa shape index (κ2) is 8.85. The van der Waals surface area contributed by atoms with Gasteiger partial charge in [0.2, 0.25) is 5.91 Å². The molecule has 0 fully saturated rings. The lowest BCUT2D eigenvalue weighted by molar-refractivity contribution is -0.127. The molecule has 1 amide bonds. The van der Waals surface area contributed by atoms with E-state index in [1.807, 2.05) is 42.5 Å². The number of carbonyl (C=O) groups excluding carboxylic acids is 1. The van der Waals surface area contributed by atoms with Crippen LogP contribution in [-0.2, 0) is 11.3 Å². The lowest BCUT2D eigenvalue weighted by Gasteiger charge is -2.19. The molecule has 0 atom stereocenters. The zero-order chi connectivity index (χ0) is 17.5. The van der Waals surface area contributed by atoms with Gasteiger partial charge in [-0.05, 0) is 24.3 Å². The van der Waals surface area contributed by atoms with Gasteiger partial charge in [0, 0.05) is 30.1 Å². The summed E-state index contributed by atoms with van der Waals surface area (Å²) in [6.07, 6.45) is 0. The fourth-order valence-corrected chi connectivity index (χ4v) is 3.32. The Hall–Kier alpha value is -1.85. The zero-order valence-electron chi connectivity index (χ0n) is 13.9. The molecule has 0 saturated carbocycles. The largest absolute Gasteiger partial charge is 0.497 e. The standard InChI is InChI=1S/C18H20ClNO3S/c1-20(11-13-8-9-14(22-2)10-16(13)23-3)18(21)12-24-17-7-5-4-6-15(17)19/h4-10H,11-12H2,1-3H3. The average Bonchev–Trinajstić information content (AvgIpc) is 2.61. The van der Waals surface area contributed by atoms with Gasteiger partial charge in [-0.2, -0.15) is 0 Å². The number of halogens is 1. The highest BCUT2D eigenvalue weighted by atomic mass is 35.5. The third kappa shape index (κ3) is 4.82. The molecule has 0 saturated heterocycles. The number of hydrogen-bond acceptors (Lipinski definition) is 4. The zero-order valence-corrected chi connectivity index (χ0v) is 15.5. The van der Waals surface area contributed by atoms with Gasteiger partial charge in [-0.1, -0.05) is 23.7 Å². The Balaban J connectivity index is 1.98. The van der Waals surface area contributed by atoms with Crippen molar-refractivity contribution in [3.8, 4) is 11.5 Å². The first-order chi connectivity index (χ1) is 11.5. The topological polar surface area (TPSA) is 38.8 Å². The fourth-order valence-electron chi connectivity index (χ4n) is 2.14. The molecular formula is C18H20ClNO3S. The van der Waals surface area contributed by atoms with E-state index in [0.717, 1.165) is 16.2 Å². The molecule has 2 rings (SSSR count). The van der Waals surface area contributed by atoms with Crippen LogP contribution in [0, 0.1) is 0 Å². The van der Waals surface area contributed by atoms with Crippen molar-refractivity contribution in [2.24, 2.45) is 0 Å². The highest BCUT2D eigenvalue weighted by Gasteiger charge is 2.14. The summed E-state index contributed by atoms with van der Waals surface area (Å²) in [5.41, 5.74) is 0.928. The predicted molar refractivity (Wildman–Crippen MR) is 98.2 cm³/mol. The van der Waals surface area contributed by atoms with Crippen molar-refractivity contribution >= 4 is 29.3 Å². The van der Waals surface area contributed by atoms with E-state index in [4.69, 9.17) is 21.1 Å². The van der Waals surface area contributed by atoms with Crippen LogP contribution in [0.2, 0.25) is 5.02 Å². The first-order valence-electron chi connectivity index (χ1n) is 7.37. The van der Waals surface area contributed by atoms with Crippen LogP contribution in [0.4, 0.5) is 0 Å². The number of thioether (sulfide) groups is 1. The first kappa shape index (κ1) is 18.5. The van der Waals surface area contributed by atoms with Gasteiger partial charge in [0.1, 0.15) is 11.5 Å². The van der Waals surface area contributed by atoms with Crippen LogP contribution in [0.5, 0.6) is 11.5 Å². The summed E-state index contributed by atoms with van der Waals surface area (Å²) in [5.74, 6) is 1.78. The highest BCUT2D eigenvalue weighted by molar-refractivity contribution is 8.00. The number of rotatable bonds is 7. The Bertz CT molecular complexity index is 708. The molecule has 0 N–H and O–H groups in total. The summed E-state index contributed by atoms with van der Waals surface area (Å²) in [6.45, 7) is 0.467. The van der Waals surface area contributed by atoms with E-state index in [1.165, 1.54) is 11.8 Å². The van der Waals surface area contributed by atoms with Crippen LogP contribution >= 0.6 is 23.4 Å². The normalized spacial score (nSPS) is 10.3. The number of ether oxygens (including phenoxy) is 2. The van der Waals surface area contributed by atoms with Gasteiger partial charge in [-0.25, -0.2) is 0 Å². The SMILES string of the molecule is COc1ccc(CN(C)C(=O)CSc2ccccc2Cl)c(OC)c1. The van der Waals surface area contributed by atoms with Crippen LogP contribution < -0.4 is 9.47 Å². The summed E-state index contributed by atoms with van der Waals surface area (Å²) < 4.78 is 10.6. The Morgan fingerprint density at radius 3 is 2.58 bits per heavy atom. The van der Waals surface area contributed by atoms with Crippen molar-refractivity contribution in [2.75, 3.05) is 27.0 Å². The van der Waals surface area contributed by atoms with Gasteiger partial charge >= 0.3 is 0 Å². The number of carbonyl (C=O) groups is 1. The number of benzene rings is 2. The number of nitrogens with zero attached hydrogens (tertiary/aromatic N) is 1. The van der Waals surface area contributed by atoms with Crippen LogP contribution in [0.1, 0.15) is 5.56 Å². The summed E-state index contributed by atoms with van der Waals surface area (Å²) in [6, 6.07) is 13.1. The maximum atomic E-state index is 12.4. The maximum Gasteiger partial charge on any atom is 0.232 e. The summed E-state index contributed by atoms with van der Waals surface area (Å²) in [5, 5.41) is 0.662. The molecule has 0 aromatic heterocycles. The Morgan fingerprint density at radius 2 is 1.92 bits per heavy atom. The fraction of sp³-hybridized carbons (Fsp3) is 0.278. The Labute approximate surface area is 151 Å². The van der Waals surface area contributed by atoms with Gasteiger partial charge in [-0.15, -0.1) is 11.8 Å². The molecule has 128 valence electrons. The van der Waals surface area contributed by atoms with E-state index < -0.39 is 0 Å². The minimum Gasteiger partial charge on any atom is -0.497 e. The predicted octanol–water partition coefficient (Wildman–Crippen LogP) is 4.11. The van der Waals surface area contributed by atoms with Gasteiger partial charge in [0.05, 0.1) is 25.0 Å². The van der Waals surface area contributed by atoms with E-state index in [9.17, 15) is 4.79 Å². The maximum absolute atomic E-state index is 12.4. The van der Waals surface area contributed by atoms with Crippen molar-refractivity contribution in [1.82, 2.24) is 4.90 Å². The van der Waals surface area contributed by atoms with Crippen molar-refractivity contribution in [3.05, 3.63) is 53.1 Å². The summed E-state index contributed by atoms with van der Waals surface area (Å²) >= 11 is 7.55. The van der Waals surface area contributed by atoms with E-state index in [2.05, 4.69) is 0 Å².